The van der Waals surface area contributed by atoms with Gasteiger partial charge in [0, 0.05) is 16.8 Å². The number of allylic oxidation sites excluding steroid dienone is 1. The minimum absolute atomic E-state index is 0.0894. The SMILES string of the molecule is C=C1[C@H](O[Si](C)(C)C(C)(C)C)CC(=CCP(=O)(c2ccccc2)c2ccccc2)C[C@H]1O[Si](C)(C)C(C)(C)C. The molecular weight excluding hydrogens is 532 g/mol. The first-order chi connectivity index (χ1) is 17.9. The van der Waals surface area contributed by atoms with Crippen molar-refractivity contribution < 1.29 is 13.4 Å². The molecule has 1 aliphatic carbocycles. The fourth-order valence-corrected chi connectivity index (χ4v) is 9.59. The van der Waals surface area contributed by atoms with Gasteiger partial charge in [-0.25, -0.2) is 0 Å². The van der Waals surface area contributed by atoms with Crippen LogP contribution < -0.4 is 10.6 Å². The highest BCUT2D eigenvalue weighted by Gasteiger charge is 2.45. The predicted octanol–water partition coefficient (Wildman–Crippen LogP) is 9.06. The molecule has 2 atom stereocenters. The van der Waals surface area contributed by atoms with Crippen LogP contribution in [0.2, 0.25) is 36.3 Å². The first-order valence-electron chi connectivity index (χ1n) is 14.3. The number of hydrogen-bond acceptors (Lipinski definition) is 3. The Morgan fingerprint density at radius 1 is 0.769 bits per heavy atom. The molecule has 0 N–H and O–H groups in total. The van der Waals surface area contributed by atoms with Gasteiger partial charge >= 0.3 is 0 Å². The van der Waals surface area contributed by atoms with Crippen LogP contribution in [0.1, 0.15) is 54.4 Å². The van der Waals surface area contributed by atoms with Crippen LogP contribution in [-0.4, -0.2) is 35.0 Å². The molecule has 2 aromatic carbocycles. The zero-order valence-corrected chi connectivity index (χ0v) is 28.9. The number of benzene rings is 2. The Labute approximate surface area is 240 Å². The van der Waals surface area contributed by atoms with Crippen LogP contribution >= 0.6 is 7.14 Å². The highest BCUT2D eigenvalue weighted by molar-refractivity contribution is 7.78. The summed E-state index contributed by atoms with van der Waals surface area (Å²) >= 11 is 0. The lowest BCUT2D eigenvalue weighted by molar-refractivity contribution is 0.132. The van der Waals surface area contributed by atoms with Gasteiger partial charge in [-0.1, -0.05) is 120 Å². The van der Waals surface area contributed by atoms with Crippen molar-refractivity contribution in [1.29, 1.82) is 0 Å². The topological polar surface area (TPSA) is 35.5 Å². The highest BCUT2D eigenvalue weighted by Crippen LogP contribution is 2.47. The highest BCUT2D eigenvalue weighted by atomic mass is 31.2. The van der Waals surface area contributed by atoms with E-state index in [4.69, 9.17) is 8.85 Å². The van der Waals surface area contributed by atoms with E-state index < -0.39 is 23.8 Å². The third-order valence-electron chi connectivity index (χ3n) is 9.19. The van der Waals surface area contributed by atoms with E-state index in [1.165, 1.54) is 5.57 Å². The van der Waals surface area contributed by atoms with Crippen LogP contribution in [0.5, 0.6) is 0 Å². The smallest absolute Gasteiger partial charge is 0.192 e. The van der Waals surface area contributed by atoms with Gasteiger partial charge in [0.05, 0.1) is 12.2 Å². The molecule has 214 valence electrons. The Bertz CT molecular complexity index is 1120. The second-order valence-electron chi connectivity index (χ2n) is 14.2. The summed E-state index contributed by atoms with van der Waals surface area (Å²) in [6.45, 7) is 27.5. The van der Waals surface area contributed by atoms with E-state index in [2.05, 4.69) is 80.4 Å². The molecule has 1 saturated carbocycles. The van der Waals surface area contributed by atoms with Crippen molar-refractivity contribution in [3.05, 3.63) is 84.5 Å². The second-order valence-corrected chi connectivity index (χ2v) is 26.6. The average Bonchev–Trinajstić information content (AvgIpc) is 2.84. The molecular formula is C33H51O3PSi2. The fraction of sp³-hybridized carbons (Fsp3) is 0.515. The maximum atomic E-state index is 14.7. The summed E-state index contributed by atoms with van der Waals surface area (Å²) in [5.41, 5.74) is 2.33. The maximum Gasteiger partial charge on any atom is 0.192 e. The Balaban J connectivity index is 2.00. The third-order valence-corrected chi connectivity index (χ3v) is 21.1. The van der Waals surface area contributed by atoms with Crippen molar-refractivity contribution in [1.82, 2.24) is 0 Å². The minimum atomic E-state index is -2.84. The normalized spacial score (nSPS) is 19.7. The molecule has 0 bridgehead atoms. The minimum Gasteiger partial charge on any atom is -0.410 e. The van der Waals surface area contributed by atoms with Crippen LogP contribution in [0.15, 0.2) is 84.5 Å². The first kappa shape index (κ1) is 32.0. The van der Waals surface area contributed by atoms with Gasteiger partial charge in [0.1, 0.15) is 7.14 Å². The monoisotopic (exact) mass is 582 g/mol. The summed E-state index contributed by atoms with van der Waals surface area (Å²) < 4.78 is 28.7. The molecule has 1 aliphatic rings. The van der Waals surface area contributed by atoms with Gasteiger partial charge in [0.25, 0.3) is 0 Å². The van der Waals surface area contributed by atoms with E-state index in [0.717, 1.165) is 29.0 Å². The number of hydrogen-bond donors (Lipinski definition) is 0. The lowest BCUT2D eigenvalue weighted by atomic mass is 9.86. The molecule has 0 amide bonds. The standard InChI is InChI=1S/C33H51O3PSi2/c1-26-30(35-38(8,9)32(2,3)4)24-27(25-31(26)36-39(10,11)33(5,6)7)22-23-37(34,28-18-14-12-15-19-28)29-20-16-13-17-21-29/h12-22,30-31H,1,23-25H2,2-11H3/t30-,31-/m1/s1. The van der Waals surface area contributed by atoms with Gasteiger partial charge in [0.15, 0.2) is 16.6 Å². The van der Waals surface area contributed by atoms with Gasteiger partial charge in [-0.15, -0.1) is 0 Å². The van der Waals surface area contributed by atoms with Crippen LogP contribution in [-0.2, 0) is 13.4 Å². The average molecular weight is 583 g/mol. The molecule has 3 rings (SSSR count). The Morgan fingerprint density at radius 2 is 1.13 bits per heavy atom. The summed E-state index contributed by atoms with van der Waals surface area (Å²) in [5, 5.41) is 1.99. The molecule has 0 spiro atoms. The van der Waals surface area contributed by atoms with Crippen LogP contribution in [0.4, 0.5) is 0 Å². The molecule has 1 fully saturated rings. The zero-order chi connectivity index (χ0) is 29.3. The van der Waals surface area contributed by atoms with Crippen LogP contribution in [0.25, 0.3) is 0 Å². The van der Waals surface area contributed by atoms with Gasteiger partial charge < -0.3 is 13.4 Å². The van der Waals surface area contributed by atoms with Gasteiger partial charge in [-0.05, 0) is 54.7 Å². The Kier molecular flexibility index (Phi) is 9.67. The van der Waals surface area contributed by atoms with Gasteiger partial charge in [-0.3, -0.25) is 0 Å². The quantitative estimate of drug-likeness (QED) is 0.177. The summed E-state index contributed by atoms with van der Waals surface area (Å²) in [6.07, 6.45) is 4.11. The predicted molar refractivity (Wildman–Crippen MR) is 175 cm³/mol. The van der Waals surface area contributed by atoms with Crippen molar-refractivity contribution in [2.24, 2.45) is 0 Å². The van der Waals surface area contributed by atoms with Gasteiger partial charge in [0.2, 0.25) is 0 Å². The largest absolute Gasteiger partial charge is 0.410 e. The van der Waals surface area contributed by atoms with Crippen molar-refractivity contribution in [2.45, 2.75) is 103 Å². The van der Waals surface area contributed by atoms with Gasteiger partial charge in [-0.2, -0.15) is 0 Å². The molecule has 0 saturated heterocycles. The van der Waals surface area contributed by atoms with Crippen molar-refractivity contribution >= 4 is 34.4 Å². The van der Waals surface area contributed by atoms with Crippen molar-refractivity contribution in [2.75, 3.05) is 6.16 Å². The zero-order valence-electron chi connectivity index (χ0n) is 26.0. The van der Waals surface area contributed by atoms with E-state index >= 15 is 0 Å². The maximum absolute atomic E-state index is 14.7. The van der Waals surface area contributed by atoms with Crippen molar-refractivity contribution in [3.8, 4) is 0 Å². The molecule has 39 heavy (non-hydrogen) atoms. The Morgan fingerprint density at radius 3 is 1.46 bits per heavy atom. The Hall–Kier alpha value is -1.50. The van der Waals surface area contributed by atoms with E-state index in [0.29, 0.717) is 6.16 Å². The molecule has 0 unspecified atom stereocenters. The van der Waals surface area contributed by atoms with E-state index in [1.807, 2.05) is 60.7 Å². The van der Waals surface area contributed by atoms with E-state index in [9.17, 15) is 4.57 Å². The van der Waals surface area contributed by atoms with Crippen molar-refractivity contribution in [3.63, 3.8) is 0 Å². The second kappa shape index (κ2) is 11.8. The fourth-order valence-electron chi connectivity index (χ4n) is 4.45. The van der Waals surface area contributed by atoms with E-state index in [1.54, 1.807) is 0 Å². The number of rotatable bonds is 8. The third kappa shape index (κ3) is 7.43. The first-order valence-corrected chi connectivity index (χ1v) is 22.0. The van der Waals surface area contributed by atoms with Crippen LogP contribution in [0.3, 0.4) is 0 Å². The molecule has 3 nitrogen and oxygen atoms in total. The lowest BCUT2D eigenvalue weighted by Gasteiger charge is -2.46. The van der Waals surface area contributed by atoms with Crippen LogP contribution in [0, 0.1) is 0 Å². The summed E-state index contributed by atoms with van der Waals surface area (Å²) in [4.78, 5) is 0. The summed E-state index contributed by atoms with van der Waals surface area (Å²) in [7, 11) is -6.92. The molecule has 0 aromatic heterocycles. The van der Waals surface area contributed by atoms with E-state index in [-0.39, 0.29) is 22.3 Å². The summed E-state index contributed by atoms with van der Waals surface area (Å²) in [5.74, 6) is 0. The molecule has 0 aliphatic heterocycles. The lowest BCUT2D eigenvalue weighted by Crippen LogP contribution is -2.49. The molecule has 6 heteroatoms. The molecule has 2 aromatic rings. The summed E-state index contributed by atoms with van der Waals surface area (Å²) in [6, 6.07) is 19.9. The molecule has 0 heterocycles. The molecule has 0 radical (unpaired) electrons.